The van der Waals surface area contributed by atoms with Crippen LogP contribution in [0.3, 0.4) is 0 Å². The summed E-state index contributed by atoms with van der Waals surface area (Å²) in [6, 6.07) is 4.70. The van der Waals surface area contributed by atoms with Crippen molar-refractivity contribution in [2.24, 2.45) is 0 Å². The van der Waals surface area contributed by atoms with Crippen LogP contribution in [-0.2, 0) is 28.3 Å². The van der Waals surface area contributed by atoms with E-state index in [0.717, 1.165) is 24.1 Å². The van der Waals surface area contributed by atoms with Crippen molar-refractivity contribution in [3.8, 4) is 5.75 Å². The van der Waals surface area contributed by atoms with Gasteiger partial charge in [0, 0.05) is 17.5 Å². The number of benzene rings is 1. The molecule has 3 heterocycles. The maximum atomic E-state index is 12.9. The summed E-state index contributed by atoms with van der Waals surface area (Å²) >= 11 is 0. The van der Waals surface area contributed by atoms with Crippen molar-refractivity contribution in [1.29, 1.82) is 0 Å². The van der Waals surface area contributed by atoms with Gasteiger partial charge in [-0.3, -0.25) is 19.7 Å². The summed E-state index contributed by atoms with van der Waals surface area (Å²) < 4.78 is 7.97. The molecule has 1 saturated heterocycles. The van der Waals surface area contributed by atoms with Crippen molar-refractivity contribution in [3.63, 3.8) is 0 Å². The van der Waals surface area contributed by atoms with E-state index in [1.807, 2.05) is 16.9 Å². The first kappa shape index (κ1) is 19.7. The van der Waals surface area contributed by atoms with E-state index in [9.17, 15) is 14.4 Å². The number of hydrogen-bond donors (Lipinski definition) is 1. The van der Waals surface area contributed by atoms with Crippen LogP contribution < -0.4 is 10.1 Å². The third-order valence-electron chi connectivity index (χ3n) is 6.69. The molecule has 31 heavy (non-hydrogen) atoms. The summed E-state index contributed by atoms with van der Waals surface area (Å²) in [6.45, 7) is 2.74. The van der Waals surface area contributed by atoms with Crippen molar-refractivity contribution in [2.75, 3.05) is 0 Å². The second kappa shape index (κ2) is 7.47. The summed E-state index contributed by atoms with van der Waals surface area (Å²) in [7, 11) is 0. The van der Waals surface area contributed by atoms with Gasteiger partial charge in [-0.25, -0.2) is 4.68 Å². The fraction of sp³-hybridized carbons (Fsp3) is 0.500. The van der Waals surface area contributed by atoms with Gasteiger partial charge in [-0.05, 0) is 38.3 Å². The zero-order valence-corrected chi connectivity index (χ0v) is 17.5. The highest BCUT2D eigenvalue weighted by atomic mass is 16.5. The molecule has 0 spiro atoms. The van der Waals surface area contributed by atoms with Gasteiger partial charge in [0.1, 0.15) is 24.1 Å². The van der Waals surface area contributed by atoms with Crippen LogP contribution in [0.15, 0.2) is 24.4 Å². The molecule has 1 aromatic carbocycles. The minimum atomic E-state index is -0.641. The average Bonchev–Trinajstić information content (AvgIpc) is 3.47. The van der Waals surface area contributed by atoms with Crippen LogP contribution in [0.1, 0.15) is 67.1 Å². The Kier molecular flexibility index (Phi) is 4.75. The highest BCUT2D eigenvalue weighted by molar-refractivity contribution is 6.05. The Balaban J connectivity index is 1.30. The van der Waals surface area contributed by atoms with E-state index in [0.29, 0.717) is 17.7 Å². The SMILES string of the molecule is CC1(n2cc(COc3cccc4c3CN(C3CCC(=O)NC3=O)C4=O)nn2)CCCC1. The molecule has 2 aromatic rings. The van der Waals surface area contributed by atoms with Gasteiger partial charge in [0.25, 0.3) is 5.91 Å². The second-order valence-electron chi connectivity index (χ2n) is 8.83. The maximum absolute atomic E-state index is 12.9. The molecule has 0 bridgehead atoms. The van der Waals surface area contributed by atoms with E-state index < -0.39 is 11.9 Å². The van der Waals surface area contributed by atoms with Crippen molar-refractivity contribution in [1.82, 2.24) is 25.2 Å². The van der Waals surface area contributed by atoms with Gasteiger partial charge < -0.3 is 9.64 Å². The van der Waals surface area contributed by atoms with Crippen LogP contribution in [0.2, 0.25) is 0 Å². The van der Waals surface area contributed by atoms with E-state index >= 15 is 0 Å². The Morgan fingerprint density at radius 1 is 1.23 bits per heavy atom. The van der Waals surface area contributed by atoms with Crippen LogP contribution >= 0.6 is 0 Å². The van der Waals surface area contributed by atoms with E-state index in [1.165, 1.54) is 17.7 Å². The lowest BCUT2D eigenvalue weighted by atomic mass is 10.0. The first-order valence-electron chi connectivity index (χ1n) is 10.8. The van der Waals surface area contributed by atoms with Gasteiger partial charge in [-0.2, -0.15) is 0 Å². The molecular formula is C22H25N5O4. The number of carbonyl (C=O) groups excluding carboxylic acids is 3. The Hall–Kier alpha value is -3.23. The predicted octanol–water partition coefficient (Wildman–Crippen LogP) is 1.91. The number of piperidine rings is 1. The van der Waals surface area contributed by atoms with Gasteiger partial charge >= 0.3 is 0 Å². The van der Waals surface area contributed by atoms with Crippen molar-refractivity contribution >= 4 is 17.7 Å². The molecule has 9 nitrogen and oxygen atoms in total. The first-order valence-corrected chi connectivity index (χ1v) is 10.8. The molecule has 9 heteroatoms. The fourth-order valence-electron chi connectivity index (χ4n) is 4.84. The summed E-state index contributed by atoms with van der Waals surface area (Å²) in [5.41, 5.74) is 2.04. The Bertz CT molecular complexity index is 1060. The molecule has 3 aliphatic rings. The zero-order valence-electron chi connectivity index (χ0n) is 17.5. The number of fused-ring (bicyclic) bond motifs is 1. The molecule has 1 saturated carbocycles. The molecule has 2 fully saturated rings. The summed E-state index contributed by atoms with van der Waals surface area (Å²) in [5, 5.41) is 10.9. The number of carbonyl (C=O) groups is 3. The second-order valence-corrected chi connectivity index (χ2v) is 8.83. The number of hydrogen-bond acceptors (Lipinski definition) is 6. The van der Waals surface area contributed by atoms with Crippen molar-refractivity contribution in [3.05, 3.63) is 41.2 Å². The van der Waals surface area contributed by atoms with Crippen molar-refractivity contribution < 1.29 is 19.1 Å². The van der Waals surface area contributed by atoms with E-state index in [4.69, 9.17) is 4.74 Å². The van der Waals surface area contributed by atoms with Crippen LogP contribution in [0.5, 0.6) is 5.75 Å². The normalized spacial score (nSPS) is 22.5. The van der Waals surface area contributed by atoms with Gasteiger partial charge in [-0.15, -0.1) is 5.10 Å². The molecule has 1 N–H and O–H groups in total. The highest BCUT2D eigenvalue weighted by Crippen LogP contribution is 2.36. The van der Waals surface area contributed by atoms with Gasteiger partial charge in [0.2, 0.25) is 11.8 Å². The maximum Gasteiger partial charge on any atom is 0.255 e. The molecule has 1 aromatic heterocycles. The smallest absolute Gasteiger partial charge is 0.255 e. The predicted molar refractivity (Wildman–Crippen MR) is 109 cm³/mol. The summed E-state index contributed by atoms with van der Waals surface area (Å²) in [5.74, 6) is -0.330. The molecular weight excluding hydrogens is 398 g/mol. The highest BCUT2D eigenvalue weighted by Gasteiger charge is 2.40. The van der Waals surface area contributed by atoms with Gasteiger partial charge in [-0.1, -0.05) is 24.1 Å². The monoisotopic (exact) mass is 423 g/mol. The third kappa shape index (κ3) is 3.47. The number of imide groups is 1. The lowest BCUT2D eigenvalue weighted by molar-refractivity contribution is -0.136. The Labute approximate surface area is 179 Å². The zero-order chi connectivity index (χ0) is 21.6. The third-order valence-corrected chi connectivity index (χ3v) is 6.69. The quantitative estimate of drug-likeness (QED) is 0.737. The summed E-state index contributed by atoms with van der Waals surface area (Å²) in [4.78, 5) is 38.1. The van der Waals surface area contributed by atoms with Crippen LogP contribution in [0, 0.1) is 0 Å². The number of rotatable bonds is 5. The first-order chi connectivity index (χ1) is 14.9. The standard InChI is InChI=1S/C22H25N5O4/c1-22(9-2-3-10-22)27-11-14(24-25-27)13-31-18-6-4-5-15-16(18)12-26(21(15)30)17-7-8-19(28)23-20(17)29/h4-6,11,17H,2-3,7-10,12-13H2,1H3,(H,23,28,29). The van der Waals surface area contributed by atoms with Crippen LogP contribution in [0.4, 0.5) is 0 Å². The number of amides is 3. The average molecular weight is 423 g/mol. The number of nitrogens with one attached hydrogen (secondary N) is 1. The molecule has 1 aliphatic carbocycles. The van der Waals surface area contributed by atoms with Gasteiger partial charge in [0.05, 0.1) is 18.3 Å². The molecule has 1 unspecified atom stereocenters. The molecule has 3 amide bonds. The minimum Gasteiger partial charge on any atom is -0.487 e. The number of nitrogens with zero attached hydrogens (tertiary/aromatic N) is 4. The number of aromatic nitrogens is 3. The van der Waals surface area contributed by atoms with Gasteiger partial charge in [0.15, 0.2) is 0 Å². The molecule has 0 radical (unpaired) electrons. The fourth-order valence-corrected chi connectivity index (χ4v) is 4.84. The van der Waals surface area contributed by atoms with Crippen LogP contribution in [0.25, 0.3) is 0 Å². The molecule has 5 rings (SSSR count). The molecule has 1 atom stereocenters. The van der Waals surface area contributed by atoms with Crippen LogP contribution in [-0.4, -0.2) is 43.7 Å². The van der Waals surface area contributed by atoms with E-state index in [-0.39, 0.29) is 36.9 Å². The lowest BCUT2D eigenvalue weighted by Gasteiger charge is -2.29. The van der Waals surface area contributed by atoms with E-state index in [2.05, 4.69) is 22.6 Å². The molecule has 2 aliphatic heterocycles. The molecule has 162 valence electrons. The van der Waals surface area contributed by atoms with Crippen molar-refractivity contribution in [2.45, 2.75) is 70.2 Å². The minimum absolute atomic E-state index is 0.0219. The topological polar surface area (TPSA) is 106 Å². The Morgan fingerprint density at radius 2 is 2.03 bits per heavy atom. The summed E-state index contributed by atoms with van der Waals surface area (Å²) in [6.07, 6.45) is 7.11. The number of ether oxygens (including phenoxy) is 1. The lowest BCUT2D eigenvalue weighted by Crippen LogP contribution is -2.52. The Morgan fingerprint density at radius 3 is 2.81 bits per heavy atom. The largest absolute Gasteiger partial charge is 0.487 e. The van der Waals surface area contributed by atoms with E-state index in [1.54, 1.807) is 12.1 Å².